The molecular weight excluding hydrogens is 366 g/mol. The van der Waals surface area contributed by atoms with Crippen LogP contribution in [0.5, 0.6) is 5.75 Å². The van der Waals surface area contributed by atoms with Gasteiger partial charge in [-0.3, -0.25) is 9.20 Å². The Labute approximate surface area is 162 Å². The van der Waals surface area contributed by atoms with Gasteiger partial charge in [-0.15, -0.1) is 11.3 Å². The molecule has 0 spiro atoms. The third-order valence-corrected chi connectivity index (χ3v) is 5.05. The summed E-state index contributed by atoms with van der Waals surface area (Å²) in [6, 6.07) is 7.71. The molecule has 3 rings (SSSR count). The first-order valence-corrected chi connectivity index (χ1v) is 9.44. The summed E-state index contributed by atoms with van der Waals surface area (Å²) in [7, 11) is 4.88. The summed E-state index contributed by atoms with van der Waals surface area (Å²) in [6.07, 6.45) is 1.89. The first-order valence-electron chi connectivity index (χ1n) is 8.56. The largest absolute Gasteiger partial charge is 0.497 e. The van der Waals surface area contributed by atoms with E-state index in [2.05, 4.69) is 4.98 Å². The number of hydrogen-bond donors (Lipinski definition) is 0. The first kappa shape index (κ1) is 19.3. The minimum Gasteiger partial charge on any atom is -0.497 e. The van der Waals surface area contributed by atoms with Crippen LogP contribution in [0.25, 0.3) is 16.2 Å². The van der Waals surface area contributed by atoms with E-state index in [9.17, 15) is 4.79 Å². The Bertz CT molecular complexity index is 897. The predicted molar refractivity (Wildman–Crippen MR) is 105 cm³/mol. The number of methoxy groups -OCH3 is 3. The second-order valence-corrected chi connectivity index (χ2v) is 6.75. The Balaban J connectivity index is 1.90. The van der Waals surface area contributed by atoms with E-state index >= 15 is 0 Å². The molecule has 7 nitrogen and oxygen atoms in total. The summed E-state index contributed by atoms with van der Waals surface area (Å²) in [5, 5.41) is 1.84. The van der Waals surface area contributed by atoms with Crippen molar-refractivity contribution in [1.29, 1.82) is 0 Å². The van der Waals surface area contributed by atoms with E-state index in [1.54, 1.807) is 26.2 Å². The fourth-order valence-corrected chi connectivity index (χ4v) is 3.59. The lowest BCUT2D eigenvalue weighted by Gasteiger charge is -2.21. The maximum atomic E-state index is 13.0. The molecule has 8 heteroatoms. The van der Waals surface area contributed by atoms with Crippen molar-refractivity contribution in [3.63, 3.8) is 0 Å². The van der Waals surface area contributed by atoms with Crippen molar-refractivity contribution in [2.24, 2.45) is 0 Å². The van der Waals surface area contributed by atoms with Crippen LogP contribution < -0.4 is 4.74 Å². The minimum atomic E-state index is -0.0649. The summed E-state index contributed by atoms with van der Waals surface area (Å²) in [5.74, 6) is 0.704. The Morgan fingerprint density at radius 2 is 1.93 bits per heavy atom. The zero-order valence-electron chi connectivity index (χ0n) is 15.7. The molecule has 27 heavy (non-hydrogen) atoms. The first-order chi connectivity index (χ1) is 13.2. The number of rotatable bonds is 9. The zero-order valence-corrected chi connectivity index (χ0v) is 16.5. The molecule has 1 amide bonds. The lowest BCUT2D eigenvalue weighted by molar-refractivity contribution is 0.0621. The normalized spacial score (nSPS) is 11.1. The summed E-state index contributed by atoms with van der Waals surface area (Å²) < 4.78 is 17.4. The number of nitrogens with zero attached hydrogens (tertiary/aromatic N) is 3. The molecule has 0 bridgehead atoms. The van der Waals surface area contributed by atoms with Crippen LogP contribution >= 0.6 is 11.3 Å². The lowest BCUT2D eigenvalue weighted by atomic mass is 10.1. The summed E-state index contributed by atoms with van der Waals surface area (Å²) >= 11 is 1.44. The molecule has 0 aliphatic carbocycles. The Morgan fingerprint density at radius 1 is 1.19 bits per heavy atom. The number of ether oxygens (including phenoxy) is 3. The highest BCUT2D eigenvalue weighted by Crippen LogP contribution is 2.26. The van der Waals surface area contributed by atoms with Crippen LogP contribution in [-0.2, 0) is 9.47 Å². The van der Waals surface area contributed by atoms with Gasteiger partial charge in [0.25, 0.3) is 5.91 Å². The van der Waals surface area contributed by atoms with E-state index in [0.29, 0.717) is 32.0 Å². The highest BCUT2D eigenvalue weighted by Gasteiger charge is 2.21. The van der Waals surface area contributed by atoms with Gasteiger partial charge in [0, 0.05) is 44.4 Å². The standard InChI is InChI=1S/C19H23N3O4S/c1-24-9-7-21(8-10-25-2)18(23)17-13-27-19-20-16(12-22(17)19)14-5-4-6-15(11-14)26-3/h4-6,11-13H,7-10H2,1-3H3. The summed E-state index contributed by atoms with van der Waals surface area (Å²) in [5.41, 5.74) is 2.33. The van der Waals surface area contributed by atoms with Crippen molar-refractivity contribution >= 4 is 22.2 Å². The zero-order chi connectivity index (χ0) is 19.2. The molecule has 1 aromatic carbocycles. The van der Waals surface area contributed by atoms with Crippen LogP contribution in [0.3, 0.4) is 0 Å². The lowest BCUT2D eigenvalue weighted by Crippen LogP contribution is -2.37. The number of hydrogen-bond acceptors (Lipinski definition) is 6. The van der Waals surface area contributed by atoms with Crippen molar-refractivity contribution in [3.8, 4) is 17.0 Å². The average molecular weight is 389 g/mol. The van der Waals surface area contributed by atoms with Crippen molar-refractivity contribution in [3.05, 3.63) is 41.5 Å². The monoisotopic (exact) mass is 389 g/mol. The van der Waals surface area contributed by atoms with Crippen LogP contribution in [0.2, 0.25) is 0 Å². The van der Waals surface area contributed by atoms with E-state index in [4.69, 9.17) is 14.2 Å². The molecule has 2 heterocycles. The minimum absolute atomic E-state index is 0.0649. The van der Waals surface area contributed by atoms with Crippen LogP contribution in [0.4, 0.5) is 0 Å². The third-order valence-electron chi connectivity index (χ3n) is 4.21. The number of thiazole rings is 1. The number of carbonyl (C=O) groups is 1. The fraction of sp³-hybridized carbons (Fsp3) is 0.368. The summed E-state index contributed by atoms with van der Waals surface area (Å²) in [4.78, 5) is 20.2. The van der Waals surface area contributed by atoms with Crippen molar-refractivity contribution < 1.29 is 19.0 Å². The van der Waals surface area contributed by atoms with E-state index < -0.39 is 0 Å². The fourth-order valence-electron chi connectivity index (χ4n) is 2.74. The number of amides is 1. The third kappa shape index (κ3) is 4.29. The van der Waals surface area contributed by atoms with E-state index in [0.717, 1.165) is 22.0 Å². The van der Waals surface area contributed by atoms with Gasteiger partial charge < -0.3 is 19.1 Å². The molecule has 0 aliphatic heterocycles. The molecule has 0 unspecified atom stereocenters. The molecule has 0 saturated carbocycles. The van der Waals surface area contributed by atoms with E-state index in [1.165, 1.54) is 11.3 Å². The Morgan fingerprint density at radius 3 is 2.59 bits per heavy atom. The maximum absolute atomic E-state index is 13.0. The number of benzene rings is 1. The molecule has 0 fully saturated rings. The molecule has 0 atom stereocenters. The number of imidazole rings is 1. The molecule has 0 radical (unpaired) electrons. The van der Waals surface area contributed by atoms with Crippen molar-refractivity contribution in [2.45, 2.75) is 0 Å². The SMILES string of the molecule is COCCN(CCOC)C(=O)c1csc2nc(-c3cccc(OC)c3)cn12. The van der Waals surface area contributed by atoms with Gasteiger partial charge in [0.05, 0.1) is 26.0 Å². The average Bonchev–Trinajstić information content (AvgIpc) is 3.28. The van der Waals surface area contributed by atoms with Gasteiger partial charge in [0.2, 0.25) is 0 Å². The smallest absolute Gasteiger partial charge is 0.271 e. The second-order valence-electron chi connectivity index (χ2n) is 5.91. The number of carbonyl (C=O) groups excluding carboxylic acids is 1. The van der Waals surface area contributed by atoms with Gasteiger partial charge in [-0.1, -0.05) is 12.1 Å². The van der Waals surface area contributed by atoms with E-state index in [1.807, 2.05) is 40.2 Å². The Kier molecular flexibility index (Phi) is 6.44. The van der Waals surface area contributed by atoms with Crippen LogP contribution in [0.15, 0.2) is 35.8 Å². The van der Waals surface area contributed by atoms with Crippen molar-refractivity contribution in [1.82, 2.24) is 14.3 Å². The van der Waals surface area contributed by atoms with Crippen molar-refractivity contribution in [2.75, 3.05) is 47.6 Å². The van der Waals surface area contributed by atoms with Gasteiger partial charge in [-0.05, 0) is 12.1 Å². The molecule has 2 aromatic heterocycles. The molecular formula is C19H23N3O4S. The number of aromatic nitrogens is 2. The molecule has 3 aromatic rings. The number of fused-ring (bicyclic) bond motifs is 1. The summed E-state index contributed by atoms with van der Waals surface area (Å²) in [6.45, 7) is 1.96. The highest BCUT2D eigenvalue weighted by atomic mass is 32.1. The predicted octanol–water partition coefficient (Wildman–Crippen LogP) is 2.81. The van der Waals surface area contributed by atoms with Gasteiger partial charge in [-0.2, -0.15) is 0 Å². The van der Waals surface area contributed by atoms with Gasteiger partial charge in [0.15, 0.2) is 4.96 Å². The molecule has 0 aliphatic rings. The van der Waals surface area contributed by atoms with Crippen LogP contribution in [0, 0.1) is 0 Å². The van der Waals surface area contributed by atoms with Crippen LogP contribution in [0.1, 0.15) is 10.5 Å². The second kappa shape index (κ2) is 8.98. The topological polar surface area (TPSA) is 65.3 Å². The highest BCUT2D eigenvalue weighted by molar-refractivity contribution is 7.15. The molecule has 144 valence electrons. The Hall–Kier alpha value is -2.42. The maximum Gasteiger partial charge on any atom is 0.271 e. The van der Waals surface area contributed by atoms with Crippen LogP contribution in [-0.4, -0.2) is 67.8 Å². The van der Waals surface area contributed by atoms with Gasteiger partial charge in [0.1, 0.15) is 11.4 Å². The molecule has 0 saturated heterocycles. The van der Waals surface area contributed by atoms with Gasteiger partial charge >= 0.3 is 0 Å². The van der Waals surface area contributed by atoms with Gasteiger partial charge in [-0.25, -0.2) is 4.98 Å². The quantitative estimate of drug-likeness (QED) is 0.563. The molecule has 0 N–H and O–H groups in total. The van der Waals surface area contributed by atoms with E-state index in [-0.39, 0.29) is 5.91 Å².